The Kier molecular flexibility index (Phi) is 6.06. The van der Waals surface area contributed by atoms with Gasteiger partial charge in [-0.25, -0.2) is 22.8 Å². The number of ether oxygens (including phenoxy) is 1. The third kappa shape index (κ3) is 4.41. The second-order valence-electron chi connectivity index (χ2n) is 7.25. The lowest BCUT2D eigenvalue weighted by atomic mass is 9.88. The highest BCUT2D eigenvalue weighted by atomic mass is 19.1. The Hall–Kier alpha value is -3.50. The van der Waals surface area contributed by atoms with Crippen molar-refractivity contribution in [3.63, 3.8) is 0 Å². The lowest BCUT2D eigenvalue weighted by molar-refractivity contribution is -0.126. The molecule has 0 radical (unpaired) electrons. The summed E-state index contributed by atoms with van der Waals surface area (Å²) in [5.41, 5.74) is -1.52. The summed E-state index contributed by atoms with van der Waals surface area (Å²) in [6, 6.07) is 10.5. The minimum absolute atomic E-state index is 0.134. The maximum Gasteiger partial charge on any atom is 0.163 e. The molecule has 10 heteroatoms. The van der Waals surface area contributed by atoms with Gasteiger partial charge in [-0.05, 0) is 25.1 Å². The summed E-state index contributed by atoms with van der Waals surface area (Å²) in [5, 5.41) is 19.2. The molecule has 2 heterocycles. The number of benzene rings is 2. The van der Waals surface area contributed by atoms with Crippen molar-refractivity contribution >= 4 is 0 Å². The quantitative estimate of drug-likeness (QED) is 0.444. The minimum atomic E-state index is -1.92. The Bertz CT molecular complexity index is 1200. The first-order valence-corrected chi connectivity index (χ1v) is 9.69. The lowest BCUT2D eigenvalue weighted by Crippen LogP contribution is -2.44. The molecule has 2 unspecified atom stereocenters. The summed E-state index contributed by atoms with van der Waals surface area (Å²) in [6.07, 6.45) is 1.63. The van der Waals surface area contributed by atoms with Crippen molar-refractivity contribution in [1.82, 2.24) is 19.9 Å². The summed E-state index contributed by atoms with van der Waals surface area (Å²) in [5.74, 6) is -1.87. The number of rotatable bonds is 8. The minimum Gasteiger partial charge on any atom is -0.380 e. The van der Waals surface area contributed by atoms with Crippen LogP contribution in [0.3, 0.4) is 0 Å². The van der Waals surface area contributed by atoms with Crippen LogP contribution in [0.4, 0.5) is 13.2 Å². The largest absolute Gasteiger partial charge is 0.380 e. The van der Waals surface area contributed by atoms with Crippen molar-refractivity contribution in [2.75, 3.05) is 0 Å². The van der Waals surface area contributed by atoms with Crippen LogP contribution in [0.1, 0.15) is 18.2 Å². The van der Waals surface area contributed by atoms with Gasteiger partial charge in [-0.1, -0.05) is 23.4 Å². The Morgan fingerprint density at radius 3 is 2.66 bits per heavy atom. The van der Waals surface area contributed by atoms with E-state index in [1.165, 1.54) is 36.4 Å². The van der Waals surface area contributed by atoms with Crippen LogP contribution in [0.25, 0.3) is 11.3 Å². The molecule has 7 nitrogen and oxygen atoms in total. The first-order chi connectivity index (χ1) is 15.4. The second kappa shape index (κ2) is 8.93. The van der Waals surface area contributed by atoms with E-state index in [2.05, 4.69) is 15.2 Å². The number of hydrogen-bond donors (Lipinski definition) is 1. The Morgan fingerprint density at radius 2 is 1.94 bits per heavy atom. The predicted molar refractivity (Wildman–Crippen MR) is 106 cm³/mol. The number of halogens is 3. The molecule has 0 saturated carbocycles. The van der Waals surface area contributed by atoms with E-state index in [0.29, 0.717) is 6.07 Å². The number of aliphatic hydroxyl groups is 1. The van der Waals surface area contributed by atoms with Crippen molar-refractivity contribution in [2.24, 2.45) is 0 Å². The number of aromatic nitrogens is 4. The standard InChI is InChI=1S/C22H19F3N4O3/c1-14(31-10-16-9-21(28-32-16)17-4-2-3-5-19(17)24)22(30,11-29-13-26-12-27-29)18-7-6-15(23)8-20(18)25/h2-9,12-14,30H,10-11H2,1H3. The zero-order valence-corrected chi connectivity index (χ0v) is 17.0. The first kappa shape index (κ1) is 21.7. The van der Waals surface area contributed by atoms with Gasteiger partial charge >= 0.3 is 0 Å². The van der Waals surface area contributed by atoms with E-state index in [4.69, 9.17) is 9.26 Å². The van der Waals surface area contributed by atoms with E-state index in [-0.39, 0.29) is 35.7 Å². The summed E-state index contributed by atoms with van der Waals surface area (Å²) >= 11 is 0. The van der Waals surface area contributed by atoms with E-state index < -0.39 is 29.2 Å². The SMILES string of the molecule is CC(OCc1cc(-c2ccccc2F)no1)C(O)(Cn1cncn1)c1ccc(F)cc1F. The molecule has 2 atom stereocenters. The summed E-state index contributed by atoms with van der Waals surface area (Å²) in [4.78, 5) is 3.82. The molecule has 1 N–H and O–H groups in total. The van der Waals surface area contributed by atoms with Gasteiger partial charge in [0.05, 0.1) is 12.6 Å². The number of nitrogens with zero attached hydrogens (tertiary/aromatic N) is 4. The second-order valence-corrected chi connectivity index (χ2v) is 7.25. The van der Waals surface area contributed by atoms with Gasteiger partial charge in [0, 0.05) is 23.3 Å². The molecule has 4 rings (SSSR count). The van der Waals surface area contributed by atoms with E-state index in [0.717, 1.165) is 12.1 Å². The van der Waals surface area contributed by atoms with Crippen LogP contribution in [0, 0.1) is 17.5 Å². The molecular weight excluding hydrogens is 425 g/mol. The molecule has 0 spiro atoms. The third-order valence-corrected chi connectivity index (χ3v) is 5.12. The van der Waals surface area contributed by atoms with Crippen LogP contribution < -0.4 is 0 Å². The topological polar surface area (TPSA) is 86.2 Å². The van der Waals surface area contributed by atoms with E-state index in [1.54, 1.807) is 18.2 Å². The third-order valence-electron chi connectivity index (χ3n) is 5.12. The molecule has 2 aromatic carbocycles. The van der Waals surface area contributed by atoms with E-state index >= 15 is 0 Å². The van der Waals surface area contributed by atoms with Crippen LogP contribution in [0.15, 0.2) is 65.7 Å². The molecule has 166 valence electrons. The molecule has 32 heavy (non-hydrogen) atoms. The van der Waals surface area contributed by atoms with E-state index in [1.807, 2.05) is 0 Å². The summed E-state index contributed by atoms with van der Waals surface area (Å²) in [6.45, 7) is 1.20. The van der Waals surface area contributed by atoms with Gasteiger partial charge < -0.3 is 14.4 Å². The van der Waals surface area contributed by atoms with Crippen molar-refractivity contribution < 1.29 is 27.5 Å². The van der Waals surface area contributed by atoms with Gasteiger partial charge in [0.2, 0.25) is 0 Å². The van der Waals surface area contributed by atoms with Gasteiger partial charge in [-0.3, -0.25) is 0 Å². The molecule has 4 aromatic rings. The van der Waals surface area contributed by atoms with Crippen LogP contribution in [-0.4, -0.2) is 31.1 Å². The summed E-state index contributed by atoms with van der Waals surface area (Å²) in [7, 11) is 0. The normalized spacial score (nSPS) is 14.3. The van der Waals surface area contributed by atoms with Crippen molar-refractivity contribution in [1.29, 1.82) is 0 Å². The lowest BCUT2D eigenvalue weighted by Gasteiger charge is -2.34. The monoisotopic (exact) mass is 444 g/mol. The number of hydrogen-bond acceptors (Lipinski definition) is 6. The highest BCUT2D eigenvalue weighted by Crippen LogP contribution is 2.32. The molecular formula is C22H19F3N4O3. The Labute approximate surface area is 181 Å². The molecule has 0 saturated heterocycles. The van der Waals surface area contributed by atoms with Crippen molar-refractivity contribution in [3.05, 3.63) is 90.0 Å². The molecule has 0 aliphatic carbocycles. The highest BCUT2D eigenvalue weighted by molar-refractivity contribution is 5.59. The smallest absolute Gasteiger partial charge is 0.163 e. The van der Waals surface area contributed by atoms with E-state index in [9.17, 15) is 18.3 Å². The zero-order chi connectivity index (χ0) is 22.7. The molecule has 2 aromatic heterocycles. The fourth-order valence-electron chi connectivity index (χ4n) is 3.36. The van der Waals surface area contributed by atoms with Crippen LogP contribution in [-0.2, 0) is 23.5 Å². The van der Waals surface area contributed by atoms with Gasteiger partial charge in [-0.15, -0.1) is 0 Å². The zero-order valence-electron chi connectivity index (χ0n) is 17.0. The van der Waals surface area contributed by atoms with Crippen LogP contribution in [0.5, 0.6) is 0 Å². The molecule has 0 aliphatic rings. The van der Waals surface area contributed by atoms with Crippen molar-refractivity contribution in [2.45, 2.75) is 31.8 Å². The summed E-state index contributed by atoms with van der Waals surface area (Å²) < 4.78 is 54.2. The molecule has 0 bridgehead atoms. The average Bonchev–Trinajstić information content (AvgIpc) is 3.44. The van der Waals surface area contributed by atoms with Crippen molar-refractivity contribution in [3.8, 4) is 11.3 Å². The van der Waals surface area contributed by atoms with Crippen LogP contribution in [0.2, 0.25) is 0 Å². The maximum atomic E-state index is 14.6. The molecule has 0 amide bonds. The first-order valence-electron chi connectivity index (χ1n) is 9.69. The van der Waals surface area contributed by atoms with Crippen LogP contribution >= 0.6 is 0 Å². The Balaban J connectivity index is 1.55. The molecule has 0 fully saturated rings. The fourth-order valence-corrected chi connectivity index (χ4v) is 3.36. The van der Waals surface area contributed by atoms with Gasteiger partial charge in [-0.2, -0.15) is 5.10 Å². The Morgan fingerprint density at radius 1 is 1.12 bits per heavy atom. The predicted octanol–water partition coefficient (Wildman–Crippen LogP) is 3.84. The fraction of sp³-hybridized carbons (Fsp3) is 0.227. The average molecular weight is 444 g/mol. The van der Waals surface area contributed by atoms with Gasteiger partial charge in [0.15, 0.2) is 5.76 Å². The van der Waals surface area contributed by atoms with Gasteiger partial charge in [0.25, 0.3) is 0 Å². The maximum absolute atomic E-state index is 14.6. The highest BCUT2D eigenvalue weighted by Gasteiger charge is 2.40. The van der Waals surface area contributed by atoms with Gasteiger partial charge in [0.1, 0.15) is 48.0 Å². The molecule has 0 aliphatic heterocycles.